The van der Waals surface area contributed by atoms with Crippen LogP contribution >= 0.6 is 0 Å². The lowest BCUT2D eigenvalue weighted by Crippen LogP contribution is -2.41. The summed E-state index contributed by atoms with van der Waals surface area (Å²) in [5, 5.41) is 2.90. The molecule has 0 atom stereocenters. The first-order chi connectivity index (χ1) is 15.5. The van der Waals surface area contributed by atoms with Crippen LogP contribution in [0.3, 0.4) is 0 Å². The Morgan fingerprint density at radius 2 is 1.82 bits per heavy atom. The van der Waals surface area contributed by atoms with Crippen molar-refractivity contribution in [2.24, 2.45) is 0 Å². The van der Waals surface area contributed by atoms with Crippen molar-refractivity contribution in [2.45, 2.75) is 72.4 Å². The standard InChI is InChI=1S/C26H35N3O4/c1-16-14-17(2)28-24(31)22(16)15-27-23(30)21-9-7-8-20(18(21)3)19-10-12-29(13-11-19)25(32)33-26(4,5)6/h7-9,14,19H,10-13,15H2,1-6H3,(H,27,30)(H,28,31). The van der Waals surface area contributed by atoms with E-state index < -0.39 is 5.60 Å². The lowest BCUT2D eigenvalue weighted by molar-refractivity contribution is 0.0204. The first-order valence-electron chi connectivity index (χ1n) is 11.5. The van der Waals surface area contributed by atoms with E-state index in [-0.39, 0.29) is 30.0 Å². The van der Waals surface area contributed by atoms with Gasteiger partial charge in [-0.2, -0.15) is 0 Å². The fourth-order valence-electron chi connectivity index (χ4n) is 4.41. The van der Waals surface area contributed by atoms with Crippen molar-refractivity contribution in [3.63, 3.8) is 0 Å². The van der Waals surface area contributed by atoms with Gasteiger partial charge in [0.2, 0.25) is 0 Å². The molecule has 7 nitrogen and oxygen atoms in total. The number of ether oxygens (including phenoxy) is 1. The highest BCUT2D eigenvalue weighted by Gasteiger charge is 2.28. The molecule has 1 saturated heterocycles. The second-order valence-corrected chi connectivity index (χ2v) is 9.89. The maximum atomic E-state index is 12.9. The number of pyridine rings is 1. The summed E-state index contributed by atoms with van der Waals surface area (Å²) in [6.07, 6.45) is 1.37. The van der Waals surface area contributed by atoms with Crippen LogP contribution in [0.15, 0.2) is 29.1 Å². The number of rotatable bonds is 4. The van der Waals surface area contributed by atoms with E-state index in [1.165, 1.54) is 0 Å². The van der Waals surface area contributed by atoms with Crippen LogP contribution in [-0.4, -0.2) is 40.6 Å². The van der Waals surface area contributed by atoms with Gasteiger partial charge < -0.3 is 19.9 Å². The number of carbonyl (C=O) groups excluding carboxylic acids is 2. The van der Waals surface area contributed by atoms with Crippen molar-refractivity contribution >= 4 is 12.0 Å². The van der Waals surface area contributed by atoms with Gasteiger partial charge in [0, 0.05) is 36.5 Å². The molecular weight excluding hydrogens is 418 g/mol. The molecule has 0 aliphatic carbocycles. The van der Waals surface area contributed by atoms with Gasteiger partial charge >= 0.3 is 6.09 Å². The van der Waals surface area contributed by atoms with Gasteiger partial charge in [-0.05, 0) is 89.1 Å². The minimum absolute atomic E-state index is 0.171. The van der Waals surface area contributed by atoms with Gasteiger partial charge in [-0.25, -0.2) is 4.79 Å². The monoisotopic (exact) mass is 453 g/mol. The van der Waals surface area contributed by atoms with E-state index in [2.05, 4.69) is 16.4 Å². The third kappa shape index (κ3) is 6.03. The molecule has 0 saturated carbocycles. The predicted molar refractivity (Wildman–Crippen MR) is 129 cm³/mol. The van der Waals surface area contributed by atoms with Crippen molar-refractivity contribution in [1.29, 1.82) is 0 Å². The number of amides is 2. The molecule has 7 heteroatoms. The lowest BCUT2D eigenvalue weighted by Gasteiger charge is -2.34. The van der Waals surface area contributed by atoms with Gasteiger partial charge in [-0.3, -0.25) is 9.59 Å². The van der Waals surface area contributed by atoms with E-state index in [9.17, 15) is 14.4 Å². The highest BCUT2D eigenvalue weighted by Crippen LogP contribution is 2.32. The van der Waals surface area contributed by atoms with Crippen molar-refractivity contribution in [3.8, 4) is 0 Å². The molecule has 1 aromatic heterocycles. The number of aromatic nitrogens is 1. The SMILES string of the molecule is Cc1cc(C)c(CNC(=O)c2cccc(C3CCN(C(=O)OC(C)(C)C)CC3)c2C)c(=O)[nH]1. The van der Waals surface area contributed by atoms with Gasteiger partial charge in [0.05, 0.1) is 0 Å². The van der Waals surface area contributed by atoms with E-state index in [1.807, 2.05) is 59.7 Å². The quantitative estimate of drug-likeness (QED) is 0.720. The number of piperidine rings is 1. The van der Waals surface area contributed by atoms with Gasteiger partial charge in [-0.15, -0.1) is 0 Å². The molecular formula is C26H35N3O4. The second kappa shape index (κ2) is 9.81. The van der Waals surface area contributed by atoms with E-state index in [1.54, 1.807) is 4.90 Å². The third-order valence-electron chi connectivity index (χ3n) is 6.13. The fraction of sp³-hybridized carbons (Fsp3) is 0.500. The van der Waals surface area contributed by atoms with Crippen LogP contribution < -0.4 is 10.9 Å². The summed E-state index contributed by atoms with van der Waals surface area (Å²) in [6.45, 7) is 12.7. The summed E-state index contributed by atoms with van der Waals surface area (Å²) in [5.74, 6) is 0.0820. The molecule has 0 radical (unpaired) electrons. The Morgan fingerprint density at radius 3 is 2.42 bits per heavy atom. The number of nitrogens with one attached hydrogen (secondary N) is 2. The third-order valence-corrected chi connectivity index (χ3v) is 6.13. The second-order valence-electron chi connectivity index (χ2n) is 9.89. The molecule has 0 spiro atoms. The topological polar surface area (TPSA) is 91.5 Å². The lowest BCUT2D eigenvalue weighted by atomic mass is 9.85. The van der Waals surface area contributed by atoms with Crippen LogP contribution in [0.4, 0.5) is 4.79 Å². The van der Waals surface area contributed by atoms with Crippen LogP contribution in [-0.2, 0) is 11.3 Å². The number of H-pyrrole nitrogens is 1. The summed E-state index contributed by atoms with van der Waals surface area (Å²) in [4.78, 5) is 42.1. The molecule has 2 N–H and O–H groups in total. The van der Waals surface area contributed by atoms with Crippen LogP contribution in [0.2, 0.25) is 0 Å². The van der Waals surface area contributed by atoms with E-state index in [0.717, 1.165) is 35.2 Å². The normalized spacial score (nSPS) is 14.8. The highest BCUT2D eigenvalue weighted by molar-refractivity contribution is 5.96. The molecule has 1 aromatic carbocycles. The number of benzene rings is 1. The van der Waals surface area contributed by atoms with E-state index in [0.29, 0.717) is 24.2 Å². The number of nitrogens with zero attached hydrogens (tertiary/aromatic N) is 1. The Balaban J connectivity index is 1.67. The number of hydrogen-bond donors (Lipinski definition) is 2. The first-order valence-corrected chi connectivity index (χ1v) is 11.5. The average molecular weight is 454 g/mol. The highest BCUT2D eigenvalue weighted by atomic mass is 16.6. The molecule has 2 amide bonds. The molecule has 2 heterocycles. The summed E-state index contributed by atoms with van der Waals surface area (Å²) in [5.41, 5.74) is 4.24. The maximum absolute atomic E-state index is 12.9. The Bertz CT molecular complexity index is 1090. The maximum Gasteiger partial charge on any atom is 0.410 e. The Hall–Kier alpha value is -3.09. The van der Waals surface area contributed by atoms with Gasteiger partial charge in [0.1, 0.15) is 5.60 Å². The largest absolute Gasteiger partial charge is 0.444 e. The molecule has 3 rings (SSSR count). The van der Waals surface area contributed by atoms with Crippen LogP contribution in [0.5, 0.6) is 0 Å². The predicted octanol–water partition coefficient (Wildman–Crippen LogP) is 4.34. The molecule has 0 bridgehead atoms. The zero-order valence-corrected chi connectivity index (χ0v) is 20.5. The fourth-order valence-corrected chi connectivity index (χ4v) is 4.41. The average Bonchev–Trinajstić information content (AvgIpc) is 2.72. The zero-order valence-electron chi connectivity index (χ0n) is 20.5. The molecule has 1 aliphatic rings. The van der Waals surface area contributed by atoms with Crippen LogP contribution in [0.1, 0.15) is 77.8 Å². The van der Waals surface area contributed by atoms with Crippen molar-refractivity contribution < 1.29 is 14.3 Å². The minimum atomic E-state index is -0.506. The minimum Gasteiger partial charge on any atom is -0.444 e. The van der Waals surface area contributed by atoms with Gasteiger partial charge in [0.15, 0.2) is 0 Å². The van der Waals surface area contributed by atoms with Crippen LogP contribution in [0, 0.1) is 20.8 Å². The van der Waals surface area contributed by atoms with Crippen molar-refractivity contribution in [3.05, 3.63) is 68.1 Å². The molecule has 33 heavy (non-hydrogen) atoms. The first kappa shape index (κ1) is 24.6. The molecule has 178 valence electrons. The molecule has 2 aromatic rings. The molecule has 1 fully saturated rings. The van der Waals surface area contributed by atoms with Gasteiger partial charge in [-0.1, -0.05) is 12.1 Å². The van der Waals surface area contributed by atoms with Crippen molar-refractivity contribution in [1.82, 2.24) is 15.2 Å². The van der Waals surface area contributed by atoms with E-state index >= 15 is 0 Å². The number of likely N-dealkylation sites (tertiary alicyclic amines) is 1. The molecule has 1 aliphatic heterocycles. The number of aryl methyl sites for hydroxylation is 2. The summed E-state index contributed by atoms with van der Waals surface area (Å²) < 4.78 is 5.49. The van der Waals surface area contributed by atoms with Crippen molar-refractivity contribution in [2.75, 3.05) is 13.1 Å². The summed E-state index contributed by atoms with van der Waals surface area (Å²) in [6, 6.07) is 7.69. The Labute approximate surface area is 195 Å². The van der Waals surface area contributed by atoms with Crippen LogP contribution in [0.25, 0.3) is 0 Å². The van der Waals surface area contributed by atoms with Gasteiger partial charge in [0.25, 0.3) is 11.5 Å². The number of hydrogen-bond acceptors (Lipinski definition) is 4. The zero-order chi connectivity index (χ0) is 24.3. The van der Waals surface area contributed by atoms with E-state index in [4.69, 9.17) is 4.74 Å². The summed E-state index contributed by atoms with van der Waals surface area (Å²) in [7, 11) is 0. The number of carbonyl (C=O) groups is 2. The smallest absolute Gasteiger partial charge is 0.410 e. The molecule has 0 unspecified atom stereocenters. The Morgan fingerprint density at radius 1 is 1.15 bits per heavy atom. The Kier molecular flexibility index (Phi) is 7.30. The summed E-state index contributed by atoms with van der Waals surface area (Å²) >= 11 is 0. The number of aromatic amines is 1.